The molecule has 1 unspecified atom stereocenters. The average Bonchev–Trinajstić information content (AvgIpc) is 2.75. The van der Waals surface area contributed by atoms with Gasteiger partial charge in [0.05, 0.1) is 0 Å². The minimum absolute atomic E-state index is 0.164. The van der Waals surface area contributed by atoms with E-state index in [0.29, 0.717) is 18.9 Å². The van der Waals surface area contributed by atoms with Gasteiger partial charge in [-0.1, -0.05) is 13.8 Å². The molecule has 2 rings (SSSR count). The van der Waals surface area contributed by atoms with Gasteiger partial charge in [0.2, 0.25) is 11.8 Å². The standard InChI is InChI=1S/C13H22N2O2/c1-4-15-8-9(5-11(15)16)7-14-12(17)10-6-13(10,2)3/h9-10H,4-8H2,1-3H3,(H,14,17)/t9?,10-/m1/s1. The summed E-state index contributed by atoms with van der Waals surface area (Å²) in [4.78, 5) is 25.2. The van der Waals surface area contributed by atoms with Crippen LogP contribution in [0.2, 0.25) is 0 Å². The second-order valence-corrected chi connectivity index (χ2v) is 5.99. The fourth-order valence-electron chi connectivity index (χ4n) is 2.58. The second-order valence-electron chi connectivity index (χ2n) is 5.99. The molecule has 2 amide bonds. The summed E-state index contributed by atoms with van der Waals surface area (Å²) in [6, 6.07) is 0. The van der Waals surface area contributed by atoms with Gasteiger partial charge in [-0.2, -0.15) is 0 Å². The SMILES string of the molecule is CCN1CC(CNC(=O)[C@H]2CC2(C)C)CC1=O. The maximum atomic E-state index is 11.8. The van der Waals surface area contributed by atoms with E-state index < -0.39 is 0 Å². The van der Waals surface area contributed by atoms with Crippen molar-refractivity contribution in [2.45, 2.75) is 33.6 Å². The molecule has 2 fully saturated rings. The number of hydrogen-bond acceptors (Lipinski definition) is 2. The molecule has 1 saturated carbocycles. The van der Waals surface area contributed by atoms with Gasteiger partial charge in [-0.25, -0.2) is 0 Å². The quantitative estimate of drug-likeness (QED) is 0.795. The summed E-state index contributed by atoms with van der Waals surface area (Å²) >= 11 is 0. The minimum atomic E-state index is 0.164. The smallest absolute Gasteiger partial charge is 0.223 e. The van der Waals surface area contributed by atoms with E-state index >= 15 is 0 Å². The summed E-state index contributed by atoms with van der Waals surface area (Å²) in [6.07, 6.45) is 1.58. The maximum Gasteiger partial charge on any atom is 0.223 e. The lowest BCUT2D eigenvalue weighted by Crippen LogP contribution is -2.32. The third-order valence-electron chi connectivity index (χ3n) is 4.07. The Bertz CT molecular complexity index is 338. The molecule has 0 spiro atoms. The number of rotatable bonds is 4. The lowest BCUT2D eigenvalue weighted by atomic mass is 10.1. The molecule has 2 atom stereocenters. The first-order valence-electron chi connectivity index (χ1n) is 6.49. The van der Waals surface area contributed by atoms with E-state index in [1.165, 1.54) is 0 Å². The van der Waals surface area contributed by atoms with E-state index in [-0.39, 0.29) is 23.1 Å². The lowest BCUT2D eigenvalue weighted by Gasteiger charge is -2.14. The van der Waals surface area contributed by atoms with Gasteiger partial charge in [0.1, 0.15) is 0 Å². The molecule has 1 heterocycles. The number of amides is 2. The molecule has 0 bridgehead atoms. The zero-order valence-corrected chi connectivity index (χ0v) is 11.0. The highest BCUT2D eigenvalue weighted by Gasteiger charge is 2.50. The highest BCUT2D eigenvalue weighted by molar-refractivity contribution is 5.82. The highest BCUT2D eigenvalue weighted by atomic mass is 16.2. The number of hydrogen-bond donors (Lipinski definition) is 1. The zero-order valence-electron chi connectivity index (χ0n) is 11.0. The van der Waals surface area contributed by atoms with Crippen molar-refractivity contribution in [1.82, 2.24) is 10.2 Å². The topological polar surface area (TPSA) is 49.4 Å². The number of carbonyl (C=O) groups is 2. The van der Waals surface area contributed by atoms with E-state index in [9.17, 15) is 9.59 Å². The van der Waals surface area contributed by atoms with Crippen LogP contribution in [-0.2, 0) is 9.59 Å². The number of nitrogens with one attached hydrogen (secondary N) is 1. The van der Waals surface area contributed by atoms with Crippen molar-refractivity contribution in [2.24, 2.45) is 17.3 Å². The van der Waals surface area contributed by atoms with E-state index in [4.69, 9.17) is 0 Å². The highest BCUT2D eigenvalue weighted by Crippen LogP contribution is 2.51. The molecule has 1 N–H and O–H groups in total. The Labute approximate surface area is 103 Å². The number of carbonyl (C=O) groups excluding carboxylic acids is 2. The third-order valence-corrected chi connectivity index (χ3v) is 4.07. The lowest BCUT2D eigenvalue weighted by molar-refractivity contribution is -0.127. The van der Waals surface area contributed by atoms with Crippen LogP contribution < -0.4 is 5.32 Å². The van der Waals surface area contributed by atoms with Crippen molar-refractivity contribution in [2.75, 3.05) is 19.6 Å². The summed E-state index contributed by atoms with van der Waals surface area (Å²) in [5.74, 6) is 0.867. The van der Waals surface area contributed by atoms with Crippen molar-refractivity contribution < 1.29 is 9.59 Å². The van der Waals surface area contributed by atoms with Crippen molar-refractivity contribution >= 4 is 11.8 Å². The van der Waals surface area contributed by atoms with Crippen LogP contribution in [0.5, 0.6) is 0 Å². The maximum absolute atomic E-state index is 11.8. The third kappa shape index (κ3) is 2.61. The van der Waals surface area contributed by atoms with Crippen molar-refractivity contribution in [3.8, 4) is 0 Å². The van der Waals surface area contributed by atoms with Crippen LogP contribution in [0.15, 0.2) is 0 Å². The van der Waals surface area contributed by atoms with Crippen molar-refractivity contribution in [3.05, 3.63) is 0 Å². The first kappa shape index (κ1) is 12.4. The first-order chi connectivity index (χ1) is 7.94. The number of likely N-dealkylation sites (tertiary alicyclic amines) is 1. The molecule has 4 nitrogen and oxygen atoms in total. The molecule has 1 aliphatic heterocycles. The van der Waals surface area contributed by atoms with Gasteiger partial charge in [-0.15, -0.1) is 0 Å². The van der Waals surface area contributed by atoms with Crippen LogP contribution in [0.4, 0.5) is 0 Å². The molecule has 0 aromatic heterocycles. The van der Waals surface area contributed by atoms with Crippen molar-refractivity contribution in [1.29, 1.82) is 0 Å². The molecule has 2 aliphatic rings. The molecule has 0 aromatic carbocycles. The van der Waals surface area contributed by atoms with Crippen LogP contribution in [0.3, 0.4) is 0 Å². The van der Waals surface area contributed by atoms with Crippen LogP contribution in [0.25, 0.3) is 0 Å². The summed E-state index contributed by atoms with van der Waals surface area (Å²) < 4.78 is 0. The fraction of sp³-hybridized carbons (Fsp3) is 0.846. The van der Waals surface area contributed by atoms with Gasteiger partial charge >= 0.3 is 0 Å². The minimum Gasteiger partial charge on any atom is -0.355 e. The Morgan fingerprint density at radius 2 is 2.18 bits per heavy atom. The summed E-state index contributed by atoms with van der Waals surface area (Å²) in [6.45, 7) is 8.45. The molecular weight excluding hydrogens is 216 g/mol. The normalized spacial score (nSPS) is 30.5. The van der Waals surface area contributed by atoms with Crippen LogP contribution in [-0.4, -0.2) is 36.3 Å². The van der Waals surface area contributed by atoms with Gasteiger partial charge in [-0.3, -0.25) is 9.59 Å². The fourth-order valence-corrected chi connectivity index (χ4v) is 2.58. The van der Waals surface area contributed by atoms with E-state index in [1.807, 2.05) is 11.8 Å². The Morgan fingerprint density at radius 1 is 1.53 bits per heavy atom. The van der Waals surface area contributed by atoms with Gasteiger partial charge < -0.3 is 10.2 Å². The van der Waals surface area contributed by atoms with Gasteiger partial charge in [0.25, 0.3) is 0 Å². The Hall–Kier alpha value is -1.06. The van der Waals surface area contributed by atoms with E-state index in [2.05, 4.69) is 19.2 Å². The Kier molecular flexibility index (Phi) is 3.15. The predicted molar refractivity (Wildman–Crippen MR) is 65.3 cm³/mol. The molecule has 0 aromatic rings. The van der Waals surface area contributed by atoms with E-state index in [1.54, 1.807) is 0 Å². The number of nitrogens with zero attached hydrogens (tertiary/aromatic N) is 1. The average molecular weight is 238 g/mol. The van der Waals surface area contributed by atoms with Crippen LogP contribution >= 0.6 is 0 Å². The first-order valence-corrected chi connectivity index (χ1v) is 6.49. The molecule has 1 saturated heterocycles. The molecule has 96 valence electrons. The summed E-state index contributed by atoms with van der Waals surface area (Å²) in [7, 11) is 0. The molecule has 4 heteroatoms. The summed E-state index contributed by atoms with van der Waals surface area (Å²) in [5.41, 5.74) is 0.186. The second kappa shape index (κ2) is 4.31. The molecular formula is C13H22N2O2. The molecule has 1 aliphatic carbocycles. The van der Waals surface area contributed by atoms with Crippen LogP contribution in [0, 0.1) is 17.3 Å². The van der Waals surface area contributed by atoms with Gasteiger partial charge in [0.15, 0.2) is 0 Å². The monoisotopic (exact) mass is 238 g/mol. The van der Waals surface area contributed by atoms with Crippen LogP contribution in [0.1, 0.15) is 33.6 Å². The Morgan fingerprint density at radius 3 is 2.65 bits per heavy atom. The van der Waals surface area contributed by atoms with E-state index in [0.717, 1.165) is 19.5 Å². The molecule has 17 heavy (non-hydrogen) atoms. The van der Waals surface area contributed by atoms with Gasteiger partial charge in [-0.05, 0) is 18.8 Å². The van der Waals surface area contributed by atoms with Crippen molar-refractivity contribution in [3.63, 3.8) is 0 Å². The largest absolute Gasteiger partial charge is 0.355 e. The summed E-state index contributed by atoms with van der Waals surface area (Å²) in [5, 5.41) is 2.99. The predicted octanol–water partition coefficient (Wildman–Crippen LogP) is 1.02. The van der Waals surface area contributed by atoms with Gasteiger partial charge in [0, 0.05) is 37.9 Å². The Balaban J connectivity index is 1.73. The molecule has 0 radical (unpaired) electrons. The zero-order chi connectivity index (χ0) is 12.6.